The molecule has 0 saturated heterocycles. The average molecular weight is 478 g/mol. The predicted octanol–water partition coefficient (Wildman–Crippen LogP) is 5.44. The molecule has 0 radical (unpaired) electrons. The van der Waals surface area contributed by atoms with Gasteiger partial charge >= 0.3 is 36.3 Å². The molecule has 3 nitrogen and oxygen atoms in total. The van der Waals surface area contributed by atoms with E-state index in [4.69, 9.17) is 0 Å². The van der Waals surface area contributed by atoms with E-state index in [0.717, 1.165) is 0 Å². The van der Waals surface area contributed by atoms with E-state index < -0.39 is 82.8 Å². The number of aliphatic hydroxyl groups is 1. The van der Waals surface area contributed by atoms with Gasteiger partial charge in [-0.05, 0) is 6.92 Å². The molecule has 31 heavy (non-hydrogen) atoms. The van der Waals surface area contributed by atoms with Crippen LogP contribution in [-0.2, 0) is 20.7 Å². The second kappa shape index (κ2) is 7.60. The van der Waals surface area contributed by atoms with Gasteiger partial charge in [-0.15, -0.1) is 0 Å². The number of halogens is 12. The monoisotopic (exact) mass is 478 g/mol. The maximum atomic E-state index is 13.5. The van der Waals surface area contributed by atoms with Gasteiger partial charge in [0.25, 0.3) is 5.60 Å². The Balaban J connectivity index is 3.83. The topological polar surface area (TPSA) is 46.5 Å². The lowest BCUT2D eigenvalue weighted by atomic mass is 9.87. The Morgan fingerprint density at radius 2 is 1.06 bits per heavy atom. The van der Waals surface area contributed by atoms with Crippen LogP contribution < -0.4 is 0 Å². The summed E-state index contributed by atoms with van der Waals surface area (Å²) in [4.78, 5) is 11.5. The van der Waals surface area contributed by atoms with Crippen LogP contribution in [0.1, 0.15) is 18.1 Å². The van der Waals surface area contributed by atoms with Crippen LogP contribution in [0.5, 0.6) is 0 Å². The number of alkyl halides is 12. The van der Waals surface area contributed by atoms with Crippen molar-refractivity contribution in [3.8, 4) is 0 Å². The molecule has 1 N–H and O–H groups in total. The van der Waals surface area contributed by atoms with Crippen LogP contribution in [0.3, 0.4) is 0 Å². The van der Waals surface area contributed by atoms with Gasteiger partial charge < -0.3 is 9.84 Å². The zero-order valence-electron chi connectivity index (χ0n) is 14.8. The van der Waals surface area contributed by atoms with Crippen LogP contribution in [0.2, 0.25) is 0 Å². The van der Waals surface area contributed by atoms with Crippen LogP contribution >= 0.6 is 0 Å². The first-order chi connectivity index (χ1) is 13.5. The molecule has 0 bridgehead atoms. The number of esters is 1. The van der Waals surface area contributed by atoms with Gasteiger partial charge in [0.2, 0.25) is 0 Å². The largest absolute Gasteiger partial charge is 0.442 e. The summed E-state index contributed by atoms with van der Waals surface area (Å²) < 4.78 is 161. The molecule has 0 aromatic heterocycles. The molecular formula is C16H10F12O3. The number of rotatable bonds is 4. The van der Waals surface area contributed by atoms with Gasteiger partial charge in [-0.3, -0.25) is 0 Å². The molecule has 0 atom stereocenters. The summed E-state index contributed by atoms with van der Waals surface area (Å²) in [6.45, 7) is 3.50. The van der Waals surface area contributed by atoms with Crippen LogP contribution in [0, 0.1) is 0 Å². The third-order valence-corrected chi connectivity index (χ3v) is 3.92. The summed E-state index contributed by atoms with van der Waals surface area (Å²) in [6.07, 6.45) is -25.8. The summed E-state index contributed by atoms with van der Waals surface area (Å²) in [5.74, 6) is -2.19. The molecule has 0 unspecified atom stereocenters. The van der Waals surface area contributed by atoms with Crippen molar-refractivity contribution in [3.63, 3.8) is 0 Å². The van der Waals surface area contributed by atoms with Crippen molar-refractivity contribution in [3.05, 3.63) is 47.5 Å². The van der Waals surface area contributed by atoms with Crippen LogP contribution in [0.4, 0.5) is 52.7 Å². The molecular weight excluding hydrogens is 468 g/mol. The molecule has 0 heterocycles. The Kier molecular flexibility index (Phi) is 6.52. The van der Waals surface area contributed by atoms with Gasteiger partial charge in [-0.2, -0.15) is 52.7 Å². The zero-order chi connectivity index (χ0) is 24.8. The number of hydrogen-bond acceptors (Lipinski definition) is 3. The van der Waals surface area contributed by atoms with Crippen molar-refractivity contribution in [1.82, 2.24) is 0 Å². The second-order valence-electron chi connectivity index (χ2n) is 6.13. The van der Waals surface area contributed by atoms with Crippen LogP contribution in [0.15, 0.2) is 36.4 Å². The molecule has 0 spiro atoms. The van der Waals surface area contributed by atoms with E-state index in [-0.39, 0.29) is 0 Å². The van der Waals surface area contributed by atoms with E-state index in [2.05, 4.69) is 11.3 Å². The lowest BCUT2D eigenvalue weighted by Gasteiger charge is -2.37. The minimum atomic E-state index is -6.46. The Morgan fingerprint density at radius 1 is 0.742 bits per heavy atom. The molecule has 1 rings (SSSR count). The lowest BCUT2D eigenvalue weighted by molar-refractivity contribution is -0.378. The molecule has 15 heteroatoms. The average Bonchev–Trinajstić information content (AvgIpc) is 2.54. The number of hydrogen-bond donors (Lipinski definition) is 1. The van der Waals surface area contributed by atoms with Gasteiger partial charge in [0.1, 0.15) is 0 Å². The normalized spacial score (nSPS) is 14.4. The third kappa shape index (κ3) is 4.32. The Bertz CT molecular complexity index is 800. The smallest absolute Gasteiger partial charge is 0.431 e. The first-order valence-electron chi connectivity index (χ1n) is 7.53. The van der Waals surface area contributed by atoms with Crippen molar-refractivity contribution in [2.24, 2.45) is 0 Å². The number of benzene rings is 1. The second-order valence-corrected chi connectivity index (χ2v) is 6.13. The van der Waals surface area contributed by atoms with Crippen LogP contribution in [-0.4, -0.2) is 35.8 Å². The highest BCUT2D eigenvalue weighted by Gasteiger charge is 2.76. The fraction of sp³-hybridized carbons (Fsp3) is 0.438. The summed E-state index contributed by atoms with van der Waals surface area (Å²) in [7, 11) is 0. The molecule has 176 valence electrons. The molecule has 0 aliphatic heterocycles. The highest BCUT2D eigenvalue weighted by atomic mass is 19.4. The van der Waals surface area contributed by atoms with E-state index in [1.165, 1.54) is 0 Å². The third-order valence-electron chi connectivity index (χ3n) is 3.92. The lowest BCUT2D eigenvalue weighted by Crippen LogP contribution is -2.57. The van der Waals surface area contributed by atoms with Crippen molar-refractivity contribution in [2.45, 2.75) is 42.8 Å². The Labute approximate surface area is 164 Å². The van der Waals surface area contributed by atoms with E-state index >= 15 is 0 Å². The van der Waals surface area contributed by atoms with Crippen molar-refractivity contribution in [2.75, 3.05) is 0 Å². The molecule has 1 aromatic carbocycles. The molecule has 0 fully saturated rings. The predicted molar refractivity (Wildman–Crippen MR) is 77.1 cm³/mol. The van der Waals surface area contributed by atoms with Crippen molar-refractivity contribution < 1.29 is 67.3 Å². The van der Waals surface area contributed by atoms with E-state index in [1.807, 2.05) is 0 Å². The van der Waals surface area contributed by atoms with Gasteiger partial charge in [-0.25, -0.2) is 4.79 Å². The Hall–Kier alpha value is -2.45. The maximum Gasteiger partial charge on any atom is 0.442 e. The minimum absolute atomic E-state index is 0.426. The first kappa shape index (κ1) is 26.6. The summed E-state index contributed by atoms with van der Waals surface area (Å²) in [6, 6.07) is -1.75. The van der Waals surface area contributed by atoms with Crippen molar-refractivity contribution >= 4 is 5.97 Å². The van der Waals surface area contributed by atoms with Gasteiger partial charge in [0.15, 0.2) is 0 Å². The number of carbonyl (C=O) groups is 1. The highest BCUT2D eigenvalue weighted by Crippen LogP contribution is 2.54. The minimum Gasteiger partial charge on any atom is -0.431 e. The zero-order valence-corrected chi connectivity index (χ0v) is 14.8. The molecule has 0 aliphatic rings. The quantitative estimate of drug-likeness (QED) is 0.357. The SMILES string of the molecule is C=C(C)C(=O)OC(c1ccc(C(O)(C(F)(F)F)C(F)(F)F)cc1)(C(F)(F)F)C(F)(F)F. The van der Waals surface area contributed by atoms with Gasteiger partial charge in [-0.1, -0.05) is 30.8 Å². The Morgan fingerprint density at radius 3 is 1.32 bits per heavy atom. The van der Waals surface area contributed by atoms with E-state index in [0.29, 0.717) is 6.92 Å². The maximum absolute atomic E-state index is 13.5. The summed E-state index contributed by atoms with van der Waals surface area (Å²) in [5, 5.41) is 9.20. The van der Waals surface area contributed by atoms with E-state index in [1.54, 1.807) is 0 Å². The first-order valence-corrected chi connectivity index (χ1v) is 7.53. The van der Waals surface area contributed by atoms with Gasteiger partial charge in [0, 0.05) is 16.7 Å². The summed E-state index contributed by atoms with van der Waals surface area (Å²) in [5.41, 5.74) is -16.2. The van der Waals surface area contributed by atoms with Gasteiger partial charge in [0.05, 0.1) is 0 Å². The van der Waals surface area contributed by atoms with Crippen molar-refractivity contribution in [1.29, 1.82) is 0 Å². The fourth-order valence-corrected chi connectivity index (χ4v) is 2.32. The standard InChI is InChI=1S/C16H10F12O3/c1-7(2)10(29)31-12(15(23,24)25,16(26,27)28)9-5-3-8(4-6-9)11(30,13(17,18)19)14(20,21)22/h3-6,30H,1H2,2H3. The molecule has 1 aromatic rings. The highest BCUT2D eigenvalue weighted by molar-refractivity contribution is 5.87. The van der Waals surface area contributed by atoms with Crippen LogP contribution in [0.25, 0.3) is 0 Å². The number of carbonyl (C=O) groups excluding carboxylic acids is 1. The number of ether oxygens (including phenoxy) is 1. The molecule has 0 saturated carbocycles. The molecule has 0 amide bonds. The molecule has 0 aliphatic carbocycles. The summed E-state index contributed by atoms with van der Waals surface area (Å²) >= 11 is 0. The fourth-order valence-electron chi connectivity index (χ4n) is 2.32. The van der Waals surface area contributed by atoms with E-state index in [9.17, 15) is 62.6 Å².